The zero-order valence-electron chi connectivity index (χ0n) is 24.7. The summed E-state index contributed by atoms with van der Waals surface area (Å²) in [5.41, 5.74) is 4.27. The highest BCUT2D eigenvalue weighted by Crippen LogP contribution is 2.46. The molecule has 4 aromatic rings. The summed E-state index contributed by atoms with van der Waals surface area (Å²) in [5.74, 6) is -0.243. The number of phenols is 1. The van der Waals surface area contributed by atoms with Crippen molar-refractivity contribution in [2.24, 2.45) is 0 Å². The molecule has 0 spiro atoms. The quantitative estimate of drug-likeness (QED) is 0.136. The topological polar surface area (TPSA) is 103 Å². The largest absolute Gasteiger partial charge is 0.508 e. The van der Waals surface area contributed by atoms with Gasteiger partial charge in [0.05, 0.1) is 43.2 Å². The number of rotatable bonds is 9. The first kappa shape index (κ1) is 31.5. The summed E-state index contributed by atoms with van der Waals surface area (Å²) in [6, 6.07) is 28.6. The molecule has 0 bridgehead atoms. The lowest BCUT2D eigenvalue weighted by molar-refractivity contribution is -0.113. The molecule has 236 valence electrons. The summed E-state index contributed by atoms with van der Waals surface area (Å²) in [4.78, 5) is 2.03. The Hall–Kier alpha value is -3.44. The molecule has 0 saturated carbocycles. The van der Waals surface area contributed by atoms with Crippen LogP contribution in [0.4, 0.5) is 10.1 Å². The van der Waals surface area contributed by atoms with Crippen LogP contribution in [0.15, 0.2) is 97.1 Å². The van der Waals surface area contributed by atoms with Crippen molar-refractivity contribution in [3.05, 3.63) is 120 Å². The molecule has 9 heteroatoms. The fourth-order valence-corrected chi connectivity index (χ4v) is 6.87. The van der Waals surface area contributed by atoms with E-state index in [2.05, 4.69) is 0 Å². The molecule has 0 aliphatic carbocycles. The minimum atomic E-state index is -0.797. The molecular formula is C36H38FNO6S. The number of para-hydroxylation sites is 1. The highest BCUT2D eigenvalue weighted by atomic mass is 32.1. The average Bonchev–Trinajstić information content (AvgIpc) is 3.39. The molecule has 4 N–H and O–H groups in total. The van der Waals surface area contributed by atoms with Gasteiger partial charge in [-0.2, -0.15) is 0 Å². The number of nitrogens with zero attached hydrogens (tertiary/aromatic N) is 1. The molecule has 2 aliphatic rings. The Morgan fingerprint density at radius 2 is 1.60 bits per heavy atom. The number of benzene rings is 4. The molecule has 7 nitrogen and oxygen atoms in total. The normalized spacial score (nSPS) is 25.8. The molecule has 2 fully saturated rings. The predicted octanol–water partition coefficient (Wildman–Crippen LogP) is 6.45. The second kappa shape index (κ2) is 13.9. The third kappa shape index (κ3) is 7.04. The lowest BCUT2D eigenvalue weighted by atomic mass is 9.91. The summed E-state index contributed by atoms with van der Waals surface area (Å²) in [6.45, 7) is -0.130. The number of aliphatic hydroxyl groups excluding tert-OH is 3. The molecule has 4 aromatic carbocycles. The molecule has 2 heterocycles. The monoisotopic (exact) mass is 631 g/mol. The molecule has 0 aromatic heterocycles. The van der Waals surface area contributed by atoms with Crippen molar-refractivity contribution < 1.29 is 34.3 Å². The summed E-state index contributed by atoms with van der Waals surface area (Å²) in [5, 5.41) is 42.0. The van der Waals surface area contributed by atoms with Crippen LogP contribution in [0, 0.1) is 5.82 Å². The lowest BCUT2D eigenvalue weighted by Gasteiger charge is -2.32. The molecule has 7 atom stereocenters. The van der Waals surface area contributed by atoms with Crippen LogP contribution < -0.4 is 4.90 Å². The van der Waals surface area contributed by atoms with Gasteiger partial charge in [0.25, 0.3) is 0 Å². The second-order valence-corrected chi connectivity index (χ2v) is 12.2. The summed E-state index contributed by atoms with van der Waals surface area (Å²) in [6.07, 6.45) is -0.646. The average molecular weight is 632 g/mol. The maximum absolute atomic E-state index is 13.4. The summed E-state index contributed by atoms with van der Waals surface area (Å²) in [7, 11) is 0. The van der Waals surface area contributed by atoms with E-state index in [0.717, 1.165) is 22.4 Å². The molecule has 0 radical (unpaired) electrons. The Balaban J connectivity index is 1.24. The lowest BCUT2D eigenvalue weighted by Crippen LogP contribution is -2.33. The standard InChI is InChI=1S/C36H38FNO6S/c37-26-13-10-23(11-14-26)31(41)16-17-33-35(38(36(45)44-33)27-4-2-1-3-5-27)30-15-12-25(18-32(30)42)22-6-8-24(9-7-22)34-20-28(40)19-29(21-39)43-34/h1-15,18,28-29,31,33-36,39-42,45H,16-17,19-21H2. The van der Waals surface area contributed by atoms with Crippen molar-refractivity contribution >= 4 is 18.3 Å². The van der Waals surface area contributed by atoms with Crippen LogP contribution in [-0.4, -0.2) is 50.9 Å². The van der Waals surface area contributed by atoms with Crippen molar-refractivity contribution in [2.75, 3.05) is 11.5 Å². The number of thiol groups is 1. The van der Waals surface area contributed by atoms with Crippen molar-refractivity contribution in [3.8, 4) is 16.9 Å². The molecule has 45 heavy (non-hydrogen) atoms. The van der Waals surface area contributed by atoms with Gasteiger partial charge < -0.3 is 34.8 Å². The first-order chi connectivity index (χ1) is 21.8. The van der Waals surface area contributed by atoms with E-state index in [1.54, 1.807) is 18.2 Å². The summed E-state index contributed by atoms with van der Waals surface area (Å²) < 4.78 is 25.7. The van der Waals surface area contributed by atoms with Crippen LogP contribution in [0.2, 0.25) is 0 Å². The van der Waals surface area contributed by atoms with Gasteiger partial charge in [-0.3, -0.25) is 0 Å². The van der Waals surface area contributed by atoms with E-state index >= 15 is 0 Å². The van der Waals surface area contributed by atoms with E-state index in [1.807, 2.05) is 71.6 Å². The first-order valence-corrected chi connectivity index (χ1v) is 15.8. The van der Waals surface area contributed by atoms with Crippen LogP contribution >= 0.6 is 12.6 Å². The number of halogens is 1. The molecule has 2 aliphatic heterocycles. The van der Waals surface area contributed by atoms with Crippen molar-refractivity contribution in [3.63, 3.8) is 0 Å². The minimum absolute atomic E-state index is 0.113. The van der Waals surface area contributed by atoms with Gasteiger partial charge in [0, 0.05) is 24.1 Å². The predicted molar refractivity (Wildman–Crippen MR) is 173 cm³/mol. The second-order valence-electron chi connectivity index (χ2n) is 11.8. The molecular weight excluding hydrogens is 593 g/mol. The molecule has 0 amide bonds. The van der Waals surface area contributed by atoms with Crippen LogP contribution in [0.3, 0.4) is 0 Å². The summed E-state index contributed by atoms with van der Waals surface area (Å²) >= 11 is 4.75. The van der Waals surface area contributed by atoms with E-state index in [0.29, 0.717) is 36.8 Å². The van der Waals surface area contributed by atoms with Crippen LogP contribution in [0.25, 0.3) is 11.1 Å². The SMILES string of the molecule is OCC1CC(O)CC(c2ccc(-c3ccc(C4C(CCC(O)c5ccc(F)cc5)OC(S)N4c4ccccc4)c(O)c3)cc2)O1. The van der Waals surface area contributed by atoms with E-state index in [9.17, 15) is 24.8 Å². The molecule has 6 rings (SSSR count). The van der Waals surface area contributed by atoms with Gasteiger partial charge >= 0.3 is 0 Å². The zero-order valence-corrected chi connectivity index (χ0v) is 25.6. The van der Waals surface area contributed by atoms with Gasteiger partial charge in [-0.25, -0.2) is 4.39 Å². The Morgan fingerprint density at radius 3 is 2.29 bits per heavy atom. The fourth-order valence-electron chi connectivity index (χ4n) is 6.44. The van der Waals surface area contributed by atoms with Crippen molar-refractivity contribution in [1.82, 2.24) is 0 Å². The smallest absolute Gasteiger partial charge is 0.176 e. The van der Waals surface area contributed by atoms with Crippen molar-refractivity contribution in [1.29, 1.82) is 0 Å². The van der Waals surface area contributed by atoms with Gasteiger partial charge in [0.15, 0.2) is 5.56 Å². The van der Waals surface area contributed by atoms with Gasteiger partial charge in [-0.15, -0.1) is 12.6 Å². The Kier molecular flexibility index (Phi) is 9.75. The fraction of sp³-hybridized carbons (Fsp3) is 0.333. The highest BCUT2D eigenvalue weighted by Gasteiger charge is 2.43. The van der Waals surface area contributed by atoms with Crippen LogP contribution in [-0.2, 0) is 9.47 Å². The first-order valence-electron chi connectivity index (χ1n) is 15.3. The van der Waals surface area contributed by atoms with Gasteiger partial charge in [0.1, 0.15) is 11.6 Å². The Morgan fingerprint density at radius 1 is 0.889 bits per heavy atom. The van der Waals surface area contributed by atoms with Gasteiger partial charge in [-0.1, -0.05) is 66.7 Å². The number of phenolic OH excluding ortho intramolecular Hbond substituents is 1. The molecule has 2 saturated heterocycles. The number of hydrogen-bond donors (Lipinski definition) is 5. The third-order valence-electron chi connectivity index (χ3n) is 8.77. The maximum Gasteiger partial charge on any atom is 0.176 e. The van der Waals surface area contributed by atoms with Crippen LogP contribution in [0.5, 0.6) is 5.75 Å². The number of anilines is 1. The van der Waals surface area contributed by atoms with E-state index in [4.69, 9.17) is 22.1 Å². The van der Waals surface area contributed by atoms with Crippen molar-refractivity contribution in [2.45, 2.75) is 67.8 Å². The van der Waals surface area contributed by atoms with E-state index in [1.165, 1.54) is 12.1 Å². The van der Waals surface area contributed by atoms with Gasteiger partial charge in [0.2, 0.25) is 0 Å². The minimum Gasteiger partial charge on any atom is -0.508 e. The van der Waals surface area contributed by atoms with Crippen LogP contribution in [0.1, 0.15) is 60.6 Å². The van der Waals surface area contributed by atoms with Gasteiger partial charge in [-0.05, 0) is 65.4 Å². The number of ether oxygens (including phenoxy) is 2. The zero-order chi connectivity index (χ0) is 31.5. The number of aromatic hydroxyl groups is 1. The third-order valence-corrected chi connectivity index (χ3v) is 9.14. The number of aliphatic hydroxyl groups is 3. The van der Waals surface area contributed by atoms with E-state index < -0.39 is 23.9 Å². The molecule has 7 unspecified atom stereocenters. The van der Waals surface area contributed by atoms with E-state index in [-0.39, 0.29) is 36.4 Å². The highest BCUT2D eigenvalue weighted by molar-refractivity contribution is 7.80. The maximum atomic E-state index is 13.4. The number of hydrogen-bond acceptors (Lipinski definition) is 8. The Labute approximate surface area is 267 Å². The Bertz CT molecular complexity index is 1560.